The fourth-order valence-corrected chi connectivity index (χ4v) is 3.29. The molecule has 0 aliphatic rings. The molecule has 4 nitrogen and oxygen atoms in total. The molecule has 3 rings (SSSR count). The number of hydrogen-bond donors (Lipinski definition) is 1. The molecular formula is C18H14Cl2N2O2S. The van der Waals surface area contributed by atoms with Gasteiger partial charge in [0.1, 0.15) is 5.75 Å². The first-order valence-electron chi connectivity index (χ1n) is 7.46. The zero-order chi connectivity index (χ0) is 17.6. The summed E-state index contributed by atoms with van der Waals surface area (Å²) in [6, 6.07) is 14.7. The SMILES string of the molecule is O=C(COc1ccccc1Cl)Nc1ncc(Cc2ccc(Cl)cc2)s1. The van der Waals surface area contributed by atoms with Crippen LogP contribution < -0.4 is 10.1 Å². The molecule has 0 aliphatic carbocycles. The van der Waals surface area contributed by atoms with Crippen molar-refractivity contribution >= 4 is 45.6 Å². The molecule has 0 radical (unpaired) electrons. The minimum absolute atomic E-state index is 0.129. The van der Waals surface area contributed by atoms with Crippen molar-refractivity contribution in [2.75, 3.05) is 11.9 Å². The summed E-state index contributed by atoms with van der Waals surface area (Å²) in [7, 11) is 0. The van der Waals surface area contributed by atoms with Gasteiger partial charge in [-0.3, -0.25) is 10.1 Å². The molecule has 0 atom stereocenters. The molecular weight excluding hydrogens is 379 g/mol. The number of ether oxygens (including phenoxy) is 1. The number of aromatic nitrogens is 1. The third-order valence-corrected chi connectivity index (χ3v) is 4.76. The molecule has 128 valence electrons. The van der Waals surface area contributed by atoms with Crippen molar-refractivity contribution in [3.63, 3.8) is 0 Å². The molecule has 3 aromatic rings. The maximum Gasteiger partial charge on any atom is 0.264 e. The maximum absolute atomic E-state index is 12.0. The Hall–Kier alpha value is -2.08. The van der Waals surface area contributed by atoms with Crippen molar-refractivity contribution in [2.45, 2.75) is 6.42 Å². The Morgan fingerprint density at radius 1 is 1.12 bits per heavy atom. The van der Waals surface area contributed by atoms with E-state index in [0.717, 1.165) is 16.9 Å². The van der Waals surface area contributed by atoms with Crippen LogP contribution in [0.3, 0.4) is 0 Å². The minimum Gasteiger partial charge on any atom is -0.482 e. The zero-order valence-corrected chi connectivity index (χ0v) is 15.4. The second-order valence-electron chi connectivity index (χ2n) is 5.20. The van der Waals surface area contributed by atoms with E-state index in [-0.39, 0.29) is 12.5 Å². The van der Waals surface area contributed by atoms with E-state index in [1.165, 1.54) is 11.3 Å². The first-order chi connectivity index (χ1) is 12.1. The topological polar surface area (TPSA) is 51.2 Å². The van der Waals surface area contributed by atoms with E-state index in [0.29, 0.717) is 20.9 Å². The number of benzene rings is 2. The number of amides is 1. The van der Waals surface area contributed by atoms with Gasteiger partial charge in [0.25, 0.3) is 5.91 Å². The van der Waals surface area contributed by atoms with Crippen LogP contribution in [0.2, 0.25) is 10.0 Å². The van der Waals surface area contributed by atoms with Gasteiger partial charge >= 0.3 is 0 Å². The highest BCUT2D eigenvalue weighted by Gasteiger charge is 2.09. The quantitative estimate of drug-likeness (QED) is 0.637. The summed E-state index contributed by atoms with van der Waals surface area (Å²) in [4.78, 5) is 17.2. The lowest BCUT2D eigenvalue weighted by molar-refractivity contribution is -0.118. The van der Waals surface area contributed by atoms with Gasteiger partial charge in [-0.15, -0.1) is 11.3 Å². The minimum atomic E-state index is -0.285. The van der Waals surface area contributed by atoms with Crippen LogP contribution in [0.5, 0.6) is 5.75 Å². The highest BCUT2D eigenvalue weighted by atomic mass is 35.5. The van der Waals surface area contributed by atoms with E-state index < -0.39 is 0 Å². The number of thiazole rings is 1. The van der Waals surface area contributed by atoms with Gasteiger partial charge in [0.15, 0.2) is 11.7 Å². The Balaban J connectivity index is 1.53. The van der Waals surface area contributed by atoms with Crippen LogP contribution in [-0.4, -0.2) is 17.5 Å². The Labute approximate surface area is 159 Å². The molecule has 1 N–H and O–H groups in total. The molecule has 0 aliphatic heterocycles. The van der Waals surface area contributed by atoms with E-state index in [9.17, 15) is 4.79 Å². The molecule has 25 heavy (non-hydrogen) atoms. The van der Waals surface area contributed by atoms with Crippen molar-refractivity contribution in [1.29, 1.82) is 0 Å². The summed E-state index contributed by atoms with van der Waals surface area (Å²) in [5, 5.41) is 4.44. The summed E-state index contributed by atoms with van der Waals surface area (Å²) in [6.45, 7) is -0.129. The molecule has 0 bridgehead atoms. The molecule has 7 heteroatoms. The van der Waals surface area contributed by atoms with E-state index in [1.54, 1.807) is 30.5 Å². The van der Waals surface area contributed by atoms with Crippen molar-refractivity contribution in [3.05, 3.63) is 75.2 Å². The number of rotatable bonds is 6. The Morgan fingerprint density at radius 2 is 1.88 bits per heavy atom. The summed E-state index contributed by atoms with van der Waals surface area (Å²) < 4.78 is 5.40. The average Bonchev–Trinajstić information content (AvgIpc) is 3.03. The lowest BCUT2D eigenvalue weighted by Gasteiger charge is -2.06. The second kappa shape index (κ2) is 8.34. The first kappa shape index (κ1) is 17.7. The van der Waals surface area contributed by atoms with Crippen molar-refractivity contribution in [1.82, 2.24) is 4.98 Å². The molecule has 1 amide bonds. The Morgan fingerprint density at radius 3 is 2.64 bits per heavy atom. The van der Waals surface area contributed by atoms with Crippen LogP contribution >= 0.6 is 34.5 Å². The van der Waals surface area contributed by atoms with Gasteiger partial charge < -0.3 is 4.74 Å². The average molecular weight is 393 g/mol. The number of carbonyl (C=O) groups excluding carboxylic acids is 1. The van der Waals surface area contributed by atoms with Crippen LogP contribution in [0.15, 0.2) is 54.7 Å². The van der Waals surface area contributed by atoms with E-state index in [2.05, 4.69) is 10.3 Å². The third-order valence-electron chi connectivity index (χ3n) is 3.29. The lowest BCUT2D eigenvalue weighted by atomic mass is 10.1. The van der Waals surface area contributed by atoms with Crippen LogP contribution in [-0.2, 0) is 11.2 Å². The number of nitrogens with zero attached hydrogens (tertiary/aromatic N) is 1. The monoisotopic (exact) mass is 392 g/mol. The van der Waals surface area contributed by atoms with Crippen LogP contribution in [0, 0.1) is 0 Å². The van der Waals surface area contributed by atoms with Crippen LogP contribution in [0.4, 0.5) is 5.13 Å². The number of anilines is 1. The number of hydrogen-bond acceptors (Lipinski definition) is 4. The molecule has 0 unspecified atom stereocenters. The molecule has 0 spiro atoms. The maximum atomic E-state index is 12.0. The highest BCUT2D eigenvalue weighted by molar-refractivity contribution is 7.15. The first-order valence-corrected chi connectivity index (χ1v) is 9.04. The summed E-state index contributed by atoms with van der Waals surface area (Å²) >= 11 is 13.3. The van der Waals surface area contributed by atoms with Gasteiger partial charge in [0, 0.05) is 22.5 Å². The summed E-state index contributed by atoms with van der Waals surface area (Å²) in [6.07, 6.45) is 2.49. The van der Waals surface area contributed by atoms with Gasteiger partial charge in [0.05, 0.1) is 5.02 Å². The van der Waals surface area contributed by atoms with E-state index >= 15 is 0 Å². The molecule has 1 aromatic heterocycles. The lowest BCUT2D eigenvalue weighted by Crippen LogP contribution is -2.20. The standard InChI is InChI=1S/C18H14Cl2N2O2S/c19-13-7-5-12(6-8-13)9-14-10-21-18(25-14)22-17(23)11-24-16-4-2-1-3-15(16)20/h1-8,10H,9,11H2,(H,21,22,23). The molecule has 0 saturated carbocycles. The van der Waals surface area contributed by atoms with Gasteiger partial charge in [-0.25, -0.2) is 4.98 Å². The van der Waals surface area contributed by atoms with Crippen molar-refractivity contribution < 1.29 is 9.53 Å². The molecule has 0 fully saturated rings. The van der Waals surface area contributed by atoms with Gasteiger partial charge in [-0.1, -0.05) is 47.5 Å². The Kier molecular flexibility index (Phi) is 5.91. The summed E-state index contributed by atoms with van der Waals surface area (Å²) in [5.74, 6) is 0.189. The fourth-order valence-electron chi connectivity index (χ4n) is 2.11. The summed E-state index contributed by atoms with van der Waals surface area (Å²) in [5.41, 5.74) is 1.13. The molecule has 2 aromatic carbocycles. The number of carbonyl (C=O) groups is 1. The molecule has 0 saturated heterocycles. The van der Waals surface area contributed by atoms with Crippen molar-refractivity contribution in [3.8, 4) is 5.75 Å². The predicted molar refractivity (Wildman–Crippen MR) is 102 cm³/mol. The van der Waals surface area contributed by atoms with Crippen LogP contribution in [0.1, 0.15) is 10.4 Å². The molecule has 1 heterocycles. The third kappa shape index (κ3) is 5.19. The van der Waals surface area contributed by atoms with Gasteiger partial charge in [-0.05, 0) is 29.8 Å². The van der Waals surface area contributed by atoms with Gasteiger partial charge in [-0.2, -0.15) is 0 Å². The smallest absolute Gasteiger partial charge is 0.264 e. The predicted octanol–water partition coefficient (Wildman–Crippen LogP) is 5.06. The second-order valence-corrected chi connectivity index (χ2v) is 7.16. The van der Waals surface area contributed by atoms with E-state index in [1.807, 2.05) is 24.3 Å². The number of nitrogens with one attached hydrogen (secondary N) is 1. The van der Waals surface area contributed by atoms with E-state index in [4.69, 9.17) is 27.9 Å². The van der Waals surface area contributed by atoms with Gasteiger partial charge in [0.2, 0.25) is 0 Å². The highest BCUT2D eigenvalue weighted by Crippen LogP contribution is 2.24. The largest absolute Gasteiger partial charge is 0.482 e. The van der Waals surface area contributed by atoms with Crippen LogP contribution in [0.25, 0.3) is 0 Å². The zero-order valence-electron chi connectivity index (χ0n) is 13.0. The van der Waals surface area contributed by atoms with Crippen molar-refractivity contribution in [2.24, 2.45) is 0 Å². The normalized spacial score (nSPS) is 10.5. The number of para-hydroxylation sites is 1. The fraction of sp³-hybridized carbons (Fsp3) is 0.111. The number of halogens is 2. The Bertz CT molecular complexity index is 866.